The molecular weight excluding hydrogens is 523 g/mol. The molecule has 1 heterocycles. The second-order valence-corrected chi connectivity index (χ2v) is 8.69. The number of likely N-dealkylation sites (tertiary alicyclic amines) is 1. The fourth-order valence-corrected chi connectivity index (χ4v) is 3.77. The van der Waals surface area contributed by atoms with Crippen molar-refractivity contribution in [2.75, 3.05) is 13.2 Å². The number of aliphatic carboxylic acids is 2. The third kappa shape index (κ3) is 10.4. The summed E-state index contributed by atoms with van der Waals surface area (Å²) in [6.07, 6.45) is -3.78. The van der Waals surface area contributed by atoms with Gasteiger partial charge in [-0.15, -0.1) is 0 Å². The predicted molar refractivity (Wildman–Crippen MR) is 132 cm³/mol. The molecule has 13 heteroatoms. The van der Waals surface area contributed by atoms with E-state index in [1.807, 2.05) is 60.7 Å². The summed E-state index contributed by atoms with van der Waals surface area (Å²) in [4.78, 5) is 47.6. The fraction of sp³-hybridized carbons (Fsp3) is 0.385. The fourth-order valence-electron chi connectivity index (χ4n) is 3.77. The second-order valence-electron chi connectivity index (χ2n) is 8.69. The van der Waals surface area contributed by atoms with Gasteiger partial charge < -0.3 is 30.9 Å². The number of ether oxygens (including phenoxy) is 1. The summed E-state index contributed by atoms with van der Waals surface area (Å²) in [5, 5.41) is 19.3. The standard InChI is InChI=1S/C24H29N3O5.C2HF3O2/c25-19(14-17-8-3-1-4-9-17)22(28)26-20(16-32-15-18-10-5-2-6-11-18)23(29)27-13-7-12-21(27)24(30)31;3-2(4,5)1(6)7/h1-6,8-11,19-21H,7,12-16,25H2,(H,26,28)(H,30,31);(H,6,7)/t19-,20-,21-;/m0./s1. The van der Waals surface area contributed by atoms with Crippen LogP contribution in [0.1, 0.15) is 24.0 Å². The summed E-state index contributed by atoms with van der Waals surface area (Å²) >= 11 is 0. The van der Waals surface area contributed by atoms with Gasteiger partial charge in [-0.1, -0.05) is 60.7 Å². The summed E-state index contributed by atoms with van der Waals surface area (Å²) in [5.41, 5.74) is 7.91. The van der Waals surface area contributed by atoms with Crippen LogP contribution in [0.25, 0.3) is 0 Å². The van der Waals surface area contributed by atoms with Gasteiger partial charge in [-0.05, 0) is 30.4 Å². The van der Waals surface area contributed by atoms with Crippen molar-refractivity contribution in [3.63, 3.8) is 0 Å². The highest BCUT2D eigenvalue weighted by molar-refractivity contribution is 5.92. The maximum absolute atomic E-state index is 13.1. The maximum atomic E-state index is 13.1. The molecule has 0 bridgehead atoms. The van der Waals surface area contributed by atoms with E-state index in [1.54, 1.807) is 0 Å². The summed E-state index contributed by atoms with van der Waals surface area (Å²) in [5.74, 6) is -4.76. The van der Waals surface area contributed by atoms with Crippen molar-refractivity contribution in [2.24, 2.45) is 5.73 Å². The normalized spacial score (nSPS) is 16.4. The molecule has 5 N–H and O–H groups in total. The van der Waals surface area contributed by atoms with Crippen LogP contribution in [0.4, 0.5) is 13.2 Å². The Hall–Kier alpha value is -3.97. The lowest BCUT2D eigenvalue weighted by atomic mass is 10.1. The van der Waals surface area contributed by atoms with Gasteiger partial charge in [0.15, 0.2) is 0 Å². The highest BCUT2D eigenvalue weighted by atomic mass is 19.4. The molecule has 0 spiro atoms. The zero-order chi connectivity index (χ0) is 29.0. The van der Waals surface area contributed by atoms with Gasteiger partial charge in [-0.2, -0.15) is 13.2 Å². The Morgan fingerprint density at radius 3 is 2.05 bits per heavy atom. The number of halogens is 3. The molecule has 10 nitrogen and oxygen atoms in total. The molecule has 0 radical (unpaired) electrons. The number of nitrogens with one attached hydrogen (secondary N) is 1. The lowest BCUT2D eigenvalue weighted by molar-refractivity contribution is -0.192. The molecule has 3 rings (SSSR count). The van der Waals surface area contributed by atoms with Crippen molar-refractivity contribution in [1.29, 1.82) is 0 Å². The molecular formula is C26H30F3N3O7. The van der Waals surface area contributed by atoms with E-state index in [2.05, 4.69) is 5.32 Å². The SMILES string of the molecule is N[C@@H](Cc1ccccc1)C(=O)N[C@@H](COCc1ccccc1)C(=O)N1CCC[C@H]1C(=O)O.O=C(O)C(F)(F)F. The van der Waals surface area contributed by atoms with Gasteiger partial charge in [0.1, 0.15) is 12.1 Å². The molecule has 2 amide bonds. The van der Waals surface area contributed by atoms with Crippen LogP contribution in [0.5, 0.6) is 0 Å². The topological polar surface area (TPSA) is 159 Å². The Bertz CT molecular complexity index is 1100. The summed E-state index contributed by atoms with van der Waals surface area (Å²) < 4.78 is 37.4. The van der Waals surface area contributed by atoms with Gasteiger partial charge in [0.2, 0.25) is 11.8 Å². The number of hydrogen-bond donors (Lipinski definition) is 4. The number of carboxylic acids is 2. The molecule has 1 saturated heterocycles. The Kier molecular flexibility index (Phi) is 11.9. The first-order valence-electron chi connectivity index (χ1n) is 11.9. The molecule has 1 aliphatic heterocycles. The molecule has 2 aromatic rings. The van der Waals surface area contributed by atoms with E-state index >= 15 is 0 Å². The average Bonchev–Trinajstić information content (AvgIpc) is 3.39. The van der Waals surface area contributed by atoms with E-state index in [-0.39, 0.29) is 13.2 Å². The zero-order valence-corrected chi connectivity index (χ0v) is 20.8. The molecule has 3 atom stereocenters. The first-order chi connectivity index (χ1) is 18.4. The molecule has 39 heavy (non-hydrogen) atoms. The largest absolute Gasteiger partial charge is 0.490 e. The minimum Gasteiger partial charge on any atom is -0.480 e. The van der Waals surface area contributed by atoms with Crippen LogP contribution in [0.15, 0.2) is 60.7 Å². The number of carboxylic acid groups (broad SMARTS) is 2. The molecule has 1 fully saturated rings. The van der Waals surface area contributed by atoms with Crippen LogP contribution in [0.3, 0.4) is 0 Å². The van der Waals surface area contributed by atoms with Crippen molar-refractivity contribution in [1.82, 2.24) is 10.2 Å². The molecule has 0 saturated carbocycles. The van der Waals surface area contributed by atoms with Crippen LogP contribution in [0, 0.1) is 0 Å². The zero-order valence-electron chi connectivity index (χ0n) is 20.8. The highest BCUT2D eigenvalue weighted by Crippen LogP contribution is 2.19. The number of nitrogens with zero attached hydrogens (tertiary/aromatic N) is 1. The number of rotatable bonds is 10. The van der Waals surface area contributed by atoms with E-state index in [4.69, 9.17) is 20.4 Å². The quantitative estimate of drug-likeness (QED) is 0.348. The van der Waals surface area contributed by atoms with Gasteiger partial charge in [0, 0.05) is 6.54 Å². The first kappa shape index (κ1) is 31.2. The Labute approximate surface area is 222 Å². The highest BCUT2D eigenvalue weighted by Gasteiger charge is 2.39. The van der Waals surface area contributed by atoms with Crippen molar-refractivity contribution < 1.29 is 47.3 Å². The second kappa shape index (κ2) is 14.8. The third-order valence-electron chi connectivity index (χ3n) is 5.71. The van der Waals surface area contributed by atoms with E-state index in [0.717, 1.165) is 11.1 Å². The van der Waals surface area contributed by atoms with Crippen molar-refractivity contribution >= 4 is 23.8 Å². The van der Waals surface area contributed by atoms with Crippen LogP contribution >= 0.6 is 0 Å². The van der Waals surface area contributed by atoms with Crippen LogP contribution < -0.4 is 11.1 Å². The van der Waals surface area contributed by atoms with Gasteiger partial charge in [0.25, 0.3) is 0 Å². The number of nitrogens with two attached hydrogens (primary N) is 1. The lowest BCUT2D eigenvalue weighted by Crippen LogP contribution is -2.56. The Morgan fingerprint density at radius 2 is 1.54 bits per heavy atom. The van der Waals surface area contributed by atoms with E-state index in [1.165, 1.54) is 4.90 Å². The van der Waals surface area contributed by atoms with Crippen molar-refractivity contribution in [3.8, 4) is 0 Å². The third-order valence-corrected chi connectivity index (χ3v) is 5.71. The Balaban J connectivity index is 0.000000673. The smallest absolute Gasteiger partial charge is 0.480 e. The van der Waals surface area contributed by atoms with Gasteiger partial charge in [-0.25, -0.2) is 9.59 Å². The van der Waals surface area contributed by atoms with Gasteiger partial charge >= 0.3 is 18.1 Å². The van der Waals surface area contributed by atoms with E-state index in [9.17, 15) is 32.7 Å². The van der Waals surface area contributed by atoms with Crippen molar-refractivity contribution in [2.45, 2.75) is 50.2 Å². The number of alkyl halides is 3. The molecule has 212 valence electrons. The molecule has 0 aromatic heterocycles. The van der Waals surface area contributed by atoms with Crippen LogP contribution in [0.2, 0.25) is 0 Å². The Morgan fingerprint density at radius 1 is 1.00 bits per heavy atom. The average molecular weight is 554 g/mol. The number of hydrogen-bond acceptors (Lipinski definition) is 6. The monoisotopic (exact) mass is 553 g/mol. The minimum absolute atomic E-state index is 0.0830. The molecule has 1 aliphatic rings. The van der Waals surface area contributed by atoms with E-state index in [0.29, 0.717) is 25.8 Å². The summed E-state index contributed by atoms with van der Waals surface area (Å²) in [7, 11) is 0. The predicted octanol–water partition coefficient (Wildman–Crippen LogP) is 1.97. The van der Waals surface area contributed by atoms with Crippen LogP contribution in [-0.2, 0) is 36.9 Å². The molecule has 0 aliphatic carbocycles. The number of carbonyl (C=O) groups excluding carboxylic acids is 2. The first-order valence-corrected chi connectivity index (χ1v) is 11.9. The molecule has 0 unspecified atom stereocenters. The number of amides is 2. The van der Waals surface area contributed by atoms with E-state index < -0.39 is 48.1 Å². The molecule has 2 aromatic carbocycles. The van der Waals surface area contributed by atoms with Gasteiger partial charge in [-0.3, -0.25) is 9.59 Å². The number of carbonyl (C=O) groups is 4. The number of benzene rings is 2. The minimum atomic E-state index is -5.08. The summed E-state index contributed by atoms with van der Waals surface area (Å²) in [6, 6.07) is 16.0. The lowest BCUT2D eigenvalue weighted by Gasteiger charge is -2.28. The summed E-state index contributed by atoms with van der Waals surface area (Å²) in [6.45, 7) is 0.510. The maximum Gasteiger partial charge on any atom is 0.490 e. The van der Waals surface area contributed by atoms with Crippen molar-refractivity contribution in [3.05, 3.63) is 71.8 Å². The van der Waals surface area contributed by atoms with Crippen LogP contribution in [-0.4, -0.2) is 76.3 Å². The van der Waals surface area contributed by atoms with Gasteiger partial charge in [0.05, 0.1) is 19.3 Å².